The van der Waals surface area contributed by atoms with Crippen molar-refractivity contribution in [3.8, 4) is 0 Å². The van der Waals surface area contributed by atoms with E-state index >= 15 is 0 Å². The van der Waals surface area contributed by atoms with Gasteiger partial charge < -0.3 is 16.0 Å². The highest BCUT2D eigenvalue weighted by molar-refractivity contribution is 6.06. The van der Waals surface area contributed by atoms with Crippen molar-refractivity contribution in [1.82, 2.24) is 0 Å². The molecule has 0 bridgehead atoms. The highest BCUT2D eigenvalue weighted by Crippen LogP contribution is 2.36. The van der Waals surface area contributed by atoms with Gasteiger partial charge in [0, 0.05) is 23.3 Å². The normalized spacial score (nSPS) is 20.1. The average Bonchev–Trinajstić information content (AvgIpc) is 2.58. The van der Waals surface area contributed by atoms with Gasteiger partial charge in [-0.25, -0.2) is 0 Å². The third kappa shape index (κ3) is 3.69. The van der Waals surface area contributed by atoms with Gasteiger partial charge in [0.05, 0.1) is 11.4 Å². The Balaban J connectivity index is 1.92. The van der Waals surface area contributed by atoms with Crippen LogP contribution in [0.2, 0.25) is 0 Å². The molecule has 0 saturated carbocycles. The van der Waals surface area contributed by atoms with Crippen molar-refractivity contribution in [3.63, 3.8) is 0 Å². The Kier molecular flexibility index (Phi) is 5.21. The summed E-state index contributed by atoms with van der Waals surface area (Å²) in [6, 6.07) is 12.6. The number of anilines is 3. The second-order valence-electron chi connectivity index (χ2n) is 7.59. The maximum absolute atomic E-state index is 12.6. The summed E-state index contributed by atoms with van der Waals surface area (Å²) in [5.74, 6) is -0.130. The number of nitrogens with one attached hydrogen (secondary N) is 1. The summed E-state index contributed by atoms with van der Waals surface area (Å²) in [4.78, 5) is 15.1. The molecule has 0 unspecified atom stereocenters. The average molecular weight is 351 g/mol. The van der Waals surface area contributed by atoms with Gasteiger partial charge in [0.25, 0.3) is 5.91 Å². The molecule has 138 valence electrons. The predicted molar refractivity (Wildman–Crippen MR) is 110 cm³/mol. The smallest absolute Gasteiger partial charge is 0.255 e. The van der Waals surface area contributed by atoms with Crippen molar-refractivity contribution >= 4 is 23.0 Å². The van der Waals surface area contributed by atoms with Gasteiger partial charge >= 0.3 is 0 Å². The Morgan fingerprint density at radius 3 is 2.46 bits per heavy atom. The molecule has 1 heterocycles. The first-order valence-corrected chi connectivity index (χ1v) is 9.43. The van der Waals surface area contributed by atoms with E-state index in [2.05, 4.69) is 31.0 Å². The molecule has 26 heavy (non-hydrogen) atoms. The van der Waals surface area contributed by atoms with E-state index in [1.165, 1.54) is 24.9 Å². The van der Waals surface area contributed by atoms with Crippen LogP contribution in [0, 0.1) is 13.8 Å². The van der Waals surface area contributed by atoms with Gasteiger partial charge in [-0.15, -0.1) is 0 Å². The topological polar surface area (TPSA) is 58.4 Å². The molecule has 1 aliphatic heterocycles. The van der Waals surface area contributed by atoms with Crippen LogP contribution >= 0.6 is 0 Å². The monoisotopic (exact) mass is 351 g/mol. The number of nitrogens with two attached hydrogens (primary N) is 1. The molecule has 0 spiro atoms. The van der Waals surface area contributed by atoms with E-state index in [4.69, 9.17) is 5.73 Å². The predicted octanol–water partition coefficient (Wildman–Crippen LogP) is 4.91. The first kappa shape index (κ1) is 18.3. The standard InChI is InChI=1S/C22H29N3O/c1-14-7-5-10-18(11-14)22(26)24-20-13-21(15(2)12-19(20)23)25-16(3)8-6-9-17(25)4/h5,7,10-13,16-17H,6,8-9,23H2,1-4H3,(H,24,26)/t16-,17-/m1/s1. The van der Waals surface area contributed by atoms with Gasteiger partial charge in [-0.05, 0) is 76.8 Å². The van der Waals surface area contributed by atoms with Gasteiger partial charge in [0.2, 0.25) is 0 Å². The van der Waals surface area contributed by atoms with E-state index in [0.29, 0.717) is 29.0 Å². The van der Waals surface area contributed by atoms with E-state index < -0.39 is 0 Å². The third-order valence-corrected chi connectivity index (χ3v) is 5.37. The van der Waals surface area contributed by atoms with E-state index in [9.17, 15) is 4.79 Å². The molecule has 0 aromatic heterocycles. The highest BCUT2D eigenvalue weighted by atomic mass is 16.1. The van der Waals surface area contributed by atoms with Crippen LogP contribution in [-0.2, 0) is 0 Å². The van der Waals surface area contributed by atoms with Crippen molar-refractivity contribution in [2.45, 2.75) is 59.0 Å². The van der Waals surface area contributed by atoms with E-state index in [1.54, 1.807) is 0 Å². The number of aryl methyl sites for hydroxylation is 2. The molecule has 4 nitrogen and oxygen atoms in total. The van der Waals surface area contributed by atoms with E-state index in [-0.39, 0.29) is 5.91 Å². The maximum Gasteiger partial charge on any atom is 0.255 e. The van der Waals surface area contributed by atoms with Crippen LogP contribution in [0.4, 0.5) is 17.1 Å². The molecular weight excluding hydrogens is 322 g/mol. The van der Waals surface area contributed by atoms with Crippen LogP contribution < -0.4 is 16.0 Å². The quantitative estimate of drug-likeness (QED) is 0.773. The van der Waals surface area contributed by atoms with Crippen LogP contribution in [0.1, 0.15) is 54.6 Å². The van der Waals surface area contributed by atoms with Crippen LogP contribution in [-0.4, -0.2) is 18.0 Å². The Hall–Kier alpha value is -2.49. The minimum atomic E-state index is -0.130. The fourth-order valence-corrected chi connectivity index (χ4v) is 3.98. The Morgan fingerprint density at radius 2 is 1.81 bits per heavy atom. The number of piperidine rings is 1. The van der Waals surface area contributed by atoms with Gasteiger partial charge in [-0.3, -0.25) is 4.79 Å². The summed E-state index contributed by atoms with van der Waals surface area (Å²) in [6.45, 7) is 8.62. The molecule has 2 aromatic rings. The number of hydrogen-bond donors (Lipinski definition) is 2. The molecule has 3 N–H and O–H groups in total. The number of benzene rings is 2. The van der Waals surface area contributed by atoms with Gasteiger partial charge in [-0.1, -0.05) is 17.7 Å². The molecule has 2 aromatic carbocycles. The number of nitrogen functional groups attached to an aromatic ring is 1. The van der Waals surface area contributed by atoms with Crippen LogP contribution in [0.15, 0.2) is 36.4 Å². The second-order valence-corrected chi connectivity index (χ2v) is 7.59. The fourth-order valence-electron chi connectivity index (χ4n) is 3.98. The SMILES string of the molecule is Cc1cccc(C(=O)Nc2cc(N3[C@H](C)CCC[C@H]3C)c(C)cc2N)c1. The fraction of sp³-hybridized carbons (Fsp3) is 0.409. The van der Waals surface area contributed by atoms with E-state index in [0.717, 1.165) is 11.1 Å². The Bertz CT molecular complexity index is 805. The summed E-state index contributed by atoms with van der Waals surface area (Å²) in [5.41, 5.74) is 11.5. The number of rotatable bonds is 3. The summed E-state index contributed by atoms with van der Waals surface area (Å²) in [5, 5.41) is 3.00. The largest absolute Gasteiger partial charge is 0.397 e. The summed E-state index contributed by atoms with van der Waals surface area (Å²) < 4.78 is 0. The number of carbonyl (C=O) groups excluding carboxylic acids is 1. The zero-order valence-corrected chi connectivity index (χ0v) is 16.2. The molecule has 1 amide bonds. The number of hydrogen-bond acceptors (Lipinski definition) is 3. The molecule has 4 heteroatoms. The zero-order chi connectivity index (χ0) is 18.8. The lowest BCUT2D eigenvalue weighted by molar-refractivity contribution is 0.102. The molecule has 0 aliphatic carbocycles. The van der Waals surface area contributed by atoms with Gasteiger partial charge in [0.1, 0.15) is 0 Å². The number of carbonyl (C=O) groups is 1. The minimum Gasteiger partial charge on any atom is -0.397 e. The van der Waals surface area contributed by atoms with Crippen LogP contribution in [0.5, 0.6) is 0 Å². The van der Waals surface area contributed by atoms with Gasteiger partial charge in [0.15, 0.2) is 0 Å². The van der Waals surface area contributed by atoms with Crippen LogP contribution in [0.25, 0.3) is 0 Å². The molecule has 0 radical (unpaired) electrons. The lowest BCUT2D eigenvalue weighted by atomic mass is 9.95. The van der Waals surface area contributed by atoms with E-state index in [1.807, 2.05) is 43.3 Å². The Morgan fingerprint density at radius 1 is 1.12 bits per heavy atom. The Labute approximate surface area is 156 Å². The van der Waals surface area contributed by atoms with Gasteiger partial charge in [-0.2, -0.15) is 0 Å². The summed E-state index contributed by atoms with van der Waals surface area (Å²) >= 11 is 0. The lowest BCUT2D eigenvalue weighted by Crippen LogP contribution is -2.44. The maximum atomic E-state index is 12.6. The first-order chi connectivity index (χ1) is 12.4. The number of amides is 1. The summed E-state index contributed by atoms with van der Waals surface area (Å²) in [6.07, 6.45) is 3.65. The molecule has 1 aliphatic rings. The van der Waals surface area contributed by atoms with Crippen molar-refractivity contribution in [1.29, 1.82) is 0 Å². The summed E-state index contributed by atoms with van der Waals surface area (Å²) in [7, 11) is 0. The molecule has 1 saturated heterocycles. The van der Waals surface area contributed by atoms with Crippen molar-refractivity contribution in [3.05, 3.63) is 53.1 Å². The second kappa shape index (κ2) is 7.40. The number of nitrogens with zero attached hydrogens (tertiary/aromatic N) is 1. The van der Waals surface area contributed by atoms with Crippen molar-refractivity contribution < 1.29 is 4.79 Å². The van der Waals surface area contributed by atoms with Crippen molar-refractivity contribution in [2.24, 2.45) is 0 Å². The minimum absolute atomic E-state index is 0.130. The highest BCUT2D eigenvalue weighted by Gasteiger charge is 2.26. The zero-order valence-electron chi connectivity index (χ0n) is 16.2. The molecule has 2 atom stereocenters. The molecule has 3 rings (SSSR count). The molecular formula is C22H29N3O. The van der Waals surface area contributed by atoms with Crippen molar-refractivity contribution in [2.75, 3.05) is 16.0 Å². The van der Waals surface area contributed by atoms with Crippen LogP contribution in [0.3, 0.4) is 0 Å². The lowest BCUT2D eigenvalue weighted by Gasteiger charge is -2.42. The molecule has 1 fully saturated rings. The third-order valence-electron chi connectivity index (χ3n) is 5.37. The first-order valence-electron chi connectivity index (χ1n) is 9.43.